The molecule has 0 radical (unpaired) electrons. The topological polar surface area (TPSA) is 237 Å². The number of anilines is 7. The molecular formula is C44H52ClN9O7S3. The van der Waals surface area contributed by atoms with Gasteiger partial charge in [0.1, 0.15) is 17.4 Å². The molecule has 1 fully saturated rings. The zero-order valence-corrected chi connectivity index (χ0v) is 39.0. The van der Waals surface area contributed by atoms with E-state index in [0.717, 1.165) is 37.4 Å². The molecule has 0 spiro atoms. The molecule has 1 aliphatic heterocycles. The molecule has 64 heavy (non-hydrogen) atoms. The smallest absolute Gasteiger partial charge is 0.229 e. The van der Waals surface area contributed by atoms with Crippen molar-refractivity contribution in [2.45, 2.75) is 36.0 Å². The minimum absolute atomic E-state index is 0.0136. The highest BCUT2D eigenvalue weighted by atomic mass is 35.5. The molecule has 6 N–H and O–H groups in total. The number of ether oxygens (including phenoxy) is 1. The van der Waals surface area contributed by atoms with Crippen LogP contribution in [0, 0.1) is 0 Å². The number of rotatable bonds is 14. The summed E-state index contributed by atoms with van der Waals surface area (Å²) in [6.07, 6.45) is 9.02. The average Bonchev–Trinajstić information content (AvgIpc) is 3.23. The lowest BCUT2D eigenvalue weighted by atomic mass is 9.90. The molecule has 0 atom stereocenters. The Hall–Kier alpha value is -5.86. The first-order valence-electron chi connectivity index (χ1n) is 19.9. The molecule has 0 bridgehead atoms. The van der Waals surface area contributed by atoms with Gasteiger partial charge in [0.25, 0.3) is 0 Å². The number of hydrogen-bond donors (Lipinski definition) is 5. The van der Waals surface area contributed by atoms with Gasteiger partial charge in [-0.1, -0.05) is 60.7 Å². The zero-order chi connectivity index (χ0) is 46.3. The van der Waals surface area contributed by atoms with Gasteiger partial charge in [-0.2, -0.15) is 4.98 Å². The van der Waals surface area contributed by atoms with Crippen LogP contribution in [0.4, 0.5) is 40.3 Å². The van der Waals surface area contributed by atoms with Crippen LogP contribution in [-0.4, -0.2) is 84.2 Å². The Labute approximate surface area is 380 Å². The summed E-state index contributed by atoms with van der Waals surface area (Å²) in [5, 5.41) is 13.0. The molecule has 16 nitrogen and oxygen atoms in total. The van der Waals surface area contributed by atoms with Crippen LogP contribution in [0.1, 0.15) is 41.0 Å². The quantitative estimate of drug-likeness (QED) is 0.0535. The highest BCUT2D eigenvalue weighted by Crippen LogP contribution is 2.34. The summed E-state index contributed by atoms with van der Waals surface area (Å²) in [4.78, 5) is 16.6. The number of hydrogen-bond acceptors (Lipinski definition) is 16. The number of methoxy groups -OCH3 is 1. The Morgan fingerprint density at radius 3 is 1.67 bits per heavy atom. The SMILES string of the molecule is COc1cc(C2CCNCC2)ccc1Nc1nccc(Nc2ccccc2CS(C)(=O)=O)n1.CS(=O)(=O)Cc1ccccc1N.CS(=O)(=O)Cc1ccccc1Nc1ccnc(Cl)n1. The zero-order valence-electron chi connectivity index (χ0n) is 35.8. The molecule has 0 aliphatic carbocycles. The first-order valence-corrected chi connectivity index (χ1v) is 26.4. The second kappa shape index (κ2) is 22.7. The van der Waals surface area contributed by atoms with Crippen molar-refractivity contribution in [2.75, 3.05) is 60.7 Å². The van der Waals surface area contributed by atoms with Crippen LogP contribution in [0.3, 0.4) is 0 Å². The number of halogens is 1. The van der Waals surface area contributed by atoms with E-state index in [1.807, 2.05) is 30.3 Å². The number of benzene rings is 4. The lowest BCUT2D eigenvalue weighted by Crippen LogP contribution is -2.26. The molecule has 2 aromatic heterocycles. The maximum atomic E-state index is 11.8. The predicted octanol–water partition coefficient (Wildman–Crippen LogP) is 7.22. The van der Waals surface area contributed by atoms with Gasteiger partial charge in [0.05, 0.1) is 30.1 Å². The van der Waals surface area contributed by atoms with Crippen molar-refractivity contribution in [3.8, 4) is 5.75 Å². The fraction of sp³-hybridized carbons (Fsp3) is 0.273. The van der Waals surface area contributed by atoms with Crippen LogP contribution < -0.4 is 31.7 Å². The van der Waals surface area contributed by atoms with Crippen LogP contribution in [0.5, 0.6) is 5.75 Å². The number of nitrogen functional groups attached to an aromatic ring is 1. The number of aromatic nitrogens is 4. The molecule has 0 saturated carbocycles. The van der Waals surface area contributed by atoms with Gasteiger partial charge in [0, 0.05) is 48.2 Å². The third kappa shape index (κ3) is 16.7. The molecule has 7 rings (SSSR count). The van der Waals surface area contributed by atoms with E-state index >= 15 is 0 Å². The van der Waals surface area contributed by atoms with Crippen molar-refractivity contribution in [3.63, 3.8) is 0 Å². The highest BCUT2D eigenvalue weighted by molar-refractivity contribution is 7.90. The summed E-state index contributed by atoms with van der Waals surface area (Å²) in [7, 11) is -7.58. The first kappa shape index (κ1) is 49.2. The van der Waals surface area contributed by atoms with Crippen molar-refractivity contribution in [3.05, 3.63) is 143 Å². The number of piperidine rings is 1. The molecule has 4 aromatic carbocycles. The standard InChI is InChI=1S/C24H29N5O3S.C12H12ClN3O2S.C8H11NO2S/c1-32-22-15-18(17-9-12-25-13-10-17)7-8-21(22)28-24-26-14-11-23(29-24)27-20-6-4-3-5-19(20)16-33(2,30)31;1-19(17,18)8-9-4-2-3-5-10(9)15-11-6-7-14-12(13)16-11;1-12(10,11)6-7-4-2-3-5-8(7)9/h3-8,11,14-15,17,25H,9-10,12-13,16H2,1-2H3,(H2,26,27,28,29);2-7H,8H2,1H3,(H,14,15,16);2-5H,6,9H2,1H3. The monoisotopic (exact) mass is 949 g/mol. The average molecular weight is 951 g/mol. The van der Waals surface area contributed by atoms with Crippen LogP contribution >= 0.6 is 11.6 Å². The second-order valence-corrected chi connectivity index (χ2v) is 21.8. The highest BCUT2D eigenvalue weighted by Gasteiger charge is 2.18. The summed E-state index contributed by atoms with van der Waals surface area (Å²) in [5.41, 5.74) is 11.6. The maximum Gasteiger partial charge on any atom is 0.229 e. The molecule has 0 amide bonds. The number of para-hydroxylation sites is 3. The second-order valence-electron chi connectivity index (χ2n) is 15.1. The van der Waals surface area contributed by atoms with E-state index in [2.05, 4.69) is 53.3 Å². The van der Waals surface area contributed by atoms with Gasteiger partial charge in [-0.05, 0) is 108 Å². The largest absolute Gasteiger partial charge is 0.495 e. The van der Waals surface area contributed by atoms with Crippen molar-refractivity contribution in [1.82, 2.24) is 25.3 Å². The normalized spacial score (nSPS) is 13.0. The summed E-state index contributed by atoms with van der Waals surface area (Å²) < 4.78 is 73.7. The summed E-state index contributed by atoms with van der Waals surface area (Å²) in [6, 6.07) is 31.0. The van der Waals surface area contributed by atoms with E-state index in [0.29, 0.717) is 57.3 Å². The van der Waals surface area contributed by atoms with E-state index in [9.17, 15) is 25.3 Å². The van der Waals surface area contributed by atoms with Gasteiger partial charge in [0.15, 0.2) is 29.5 Å². The minimum atomic E-state index is -3.16. The van der Waals surface area contributed by atoms with Crippen LogP contribution in [0.2, 0.25) is 5.28 Å². The summed E-state index contributed by atoms with van der Waals surface area (Å²) in [6.45, 7) is 2.07. The van der Waals surface area contributed by atoms with Gasteiger partial charge >= 0.3 is 0 Å². The van der Waals surface area contributed by atoms with Crippen molar-refractivity contribution in [1.29, 1.82) is 0 Å². The molecule has 1 aliphatic rings. The maximum absolute atomic E-state index is 11.8. The van der Waals surface area contributed by atoms with Gasteiger partial charge in [0.2, 0.25) is 11.2 Å². The Morgan fingerprint density at radius 1 is 0.641 bits per heavy atom. The molecule has 0 unspecified atom stereocenters. The first-order chi connectivity index (χ1) is 30.3. The molecule has 20 heteroatoms. The summed E-state index contributed by atoms with van der Waals surface area (Å²) in [5.74, 6) is 2.69. The third-order valence-electron chi connectivity index (χ3n) is 9.43. The molecule has 6 aromatic rings. The molecule has 340 valence electrons. The number of nitrogens with zero attached hydrogens (tertiary/aromatic N) is 4. The van der Waals surface area contributed by atoms with E-state index < -0.39 is 29.5 Å². The van der Waals surface area contributed by atoms with E-state index in [-0.39, 0.29) is 22.5 Å². The van der Waals surface area contributed by atoms with E-state index in [4.69, 9.17) is 22.1 Å². The van der Waals surface area contributed by atoms with Gasteiger partial charge < -0.3 is 31.7 Å². The number of nitrogens with one attached hydrogen (secondary N) is 4. The van der Waals surface area contributed by atoms with Crippen molar-refractivity contribution in [2.24, 2.45) is 0 Å². The molecule has 1 saturated heterocycles. The number of sulfone groups is 3. The third-order valence-corrected chi connectivity index (χ3v) is 12.1. The van der Waals surface area contributed by atoms with Crippen molar-refractivity contribution < 1.29 is 30.0 Å². The van der Waals surface area contributed by atoms with Gasteiger partial charge in [-0.15, -0.1) is 0 Å². The van der Waals surface area contributed by atoms with Gasteiger partial charge in [-0.3, -0.25) is 0 Å². The summed E-state index contributed by atoms with van der Waals surface area (Å²) >= 11 is 5.70. The van der Waals surface area contributed by atoms with E-state index in [1.165, 1.54) is 30.5 Å². The predicted molar refractivity (Wildman–Crippen MR) is 256 cm³/mol. The lowest BCUT2D eigenvalue weighted by molar-refractivity contribution is 0.413. The lowest BCUT2D eigenvalue weighted by Gasteiger charge is -2.24. The van der Waals surface area contributed by atoms with Crippen molar-refractivity contribution >= 4 is 81.4 Å². The number of nitrogens with two attached hydrogens (primary N) is 1. The minimum Gasteiger partial charge on any atom is -0.495 e. The Balaban J connectivity index is 0.000000208. The van der Waals surface area contributed by atoms with Crippen LogP contribution in [0.25, 0.3) is 0 Å². The molecular weight excluding hydrogens is 898 g/mol. The Bertz CT molecular complexity index is 2850. The van der Waals surface area contributed by atoms with Gasteiger partial charge in [-0.25, -0.2) is 40.2 Å². The Kier molecular flexibility index (Phi) is 17.4. The Morgan fingerprint density at radius 2 is 1.14 bits per heavy atom. The molecule has 3 heterocycles. The fourth-order valence-corrected chi connectivity index (χ4v) is 9.17. The van der Waals surface area contributed by atoms with E-state index in [1.54, 1.807) is 74.0 Å². The van der Waals surface area contributed by atoms with Crippen LogP contribution in [-0.2, 0) is 46.8 Å². The fourth-order valence-electron chi connectivity index (χ4n) is 6.56. The van der Waals surface area contributed by atoms with Crippen LogP contribution in [0.15, 0.2) is 116 Å².